The zero-order chi connectivity index (χ0) is 21.8. The van der Waals surface area contributed by atoms with Crippen LogP contribution in [-0.4, -0.2) is 56.4 Å². The van der Waals surface area contributed by atoms with Crippen LogP contribution in [0.3, 0.4) is 0 Å². The van der Waals surface area contributed by atoms with Gasteiger partial charge in [0.15, 0.2) is 11.5 Å². The zero-order valence-corrected chi connectivity index (χ0v) is 18.3. The lowest BCUT2D eigenvalue weighted by Gasteiger charge is -2.19. The van der Waals surface area contributed by atoms with E-state index in [1.54, 1.807) is 39.0 Å². The lowest BCUT2D eigenvalue weighted by Crippen LogP contribution is -2.41. The van der Waals surface area contributed by atoms with Crippen LogP contribution in [0.15, 0.2) is 17.0 Å². The molecule has 1 N–H and O–H groups in total. The van der Waals surface area contributed by atoms with E-state index in [4.69, 9.17) is 14.2 Å². The van der Waals surface area contributed by atoms with Crippen LogP contribution in [0.5, 0.6) is 17.2 Å². The average molecular weight is 423 g/mol. The number of hydrogen-bond acceptors (Lipinski definition) is 7. The maximum atomic E-state index is 12.6. The largest absolute Gasteiger partial charge is 0.493 e. The normalized spacial score (nSPS) is 15.7. The van der Waals surface area contributed by atoms with Gasteiger partial charge >= 0.3 is 0 Å². The number of methoxy groups -OCH3 is 3. The van der Waals surface area contributed by atoms with Crippen LogP contribution in [0.4, 0.5) is 4.79 Å². The monoisotopic (exact) mass is 422 g/mol. The Morgan fingerprint density at radius 3 is 2.17 bits per heavy atom. The molecule has 158 valence electrons. The Balaban J connectivity index is 2.16. The highest BCUT2D eigenvalue weighted by Gasteiger charge is 2.35. The summed E-state index contributed by atoms with van der Waals surface area (Å²) in [5.41, 5.74) is 0.0942. The Labute approximate surface area is 174 Å². The van der Waals surface area contributed by atoms with Crippen LogP contribution in [0.25, 0.3) is 6.08 Å². The number of nitrogens with one attached hydrogen (secondary N) is 1. The van der Waals surface area contributed by atoms with Crippen molar-refractivity contribution in [2.45, 2.75) is 20.8 Å². The summed E-state index contributed by atoms with van der Waals surface area (Å²) in [6.07, 6.45) is 1.60. The molecule has 8 nitrogen and oxygen atoms in total. The number of thioether (sulfide) groups is 1. The predicted molar refractivity (Wildman–Crippen MR) is 111 cm³/mol. The van der Waals surface area contributed by atoms with Gasteiger partial charge in [-0.1, -0.05) is 20.8 Å². The molecule has 9 heteroatoms. The van der Waals surface area contributed by atoms with Crippen LogP contribution in [0, 0.1) is 5.41 Å². The molecule has 0 bridgehead atoms. The summed E-state index contributed by atoms with van der Waals surface area (Å²) in [4.78, 5) is 38.2. The number of benzene rings is 1. The fourth-order valence-electron chi connectivity index (χ4n) is 2.58. The van der Waals surface area contributed by atoms with E-state index in [9.17, 15) is 14.4 Å². The predicted octanol–water partition coefficient (Wildman–Crippen LogP) is 2.91. The molecule has 1 heterocycles. The highest BCUT2D eigenvalue weighted by atomic mass is 32.2. The van der Waals surface area contributed by atoms with E-state index in [-0.39, 0.29) is 29.1 Å². The summed E-state index contributed by atoms with van der Waals surface area (Å²) in [7, 11) is 4.51. The highest BCUT2D eigenvalue weighted by molar-refractivity contribution is 8.18. The van der Waals surface area contributed by atoms with Gasteiger partial charge in [-0.2, -0.15) is 0 Å². The number of carbonyl (C=O) groups excluding carboxylic acids is 3. The second kappa shape index (κ2) is 9.21. The first-order chi connectivity index (χ1) is 13.6. The van der Waals surface area contributed by atoms with Crippen molar-refractivity contribution in [3.8, 4) is 17.2 Å². The first-order valence-corrected chi connectivity index (χ1v) is 9.77. The highest BCUT2D eigenvalue weighted by Crippen LogP contribution is 2.40. The quantitative estimate of drug-likeness (QED) is 0.675. The molecule has 0 radical (unpaired) electrons. The first kappa shape index (κ1) is 22.6. The summed E-state index contributed by atoms with van der Waals surface area (Å²) in [6.45, 7) is 5.69. The molecule has 2 rings (SSSR count). The second-order valence-corrected chi connectivity index (χ2v) is 8.29. The van der Waals surface area contributed by atoms with Gasteiger partial charge in [0.2, 0.25) is 11.7 Å². The van der Waals surface area contributed by atoms with Gasteiger partial charge in [0.1, 0.15) is 0 Å². The minimum absolute atomic E-state index is 0.110. The number of rotatable bonds is 7. The molecule has 0 aromatic heterocycles. The van der Waals surface area contributed by atoms with Gasteiger partial charge < -0.3 is 19.5 Å². The van der Waals surface area contributed by atoms with Crippen molar-refractivity contribution in [1.29, 1.82) is 0 Å². The molecule has 0 saturated carbocycles. The third-order valence-electron chi connectivity index (χ3n) is 4.16. The molecular weight excluding hydrogens is 396 g/mol. The molecular formula is C20H26N2O6S. The molecule has 0 unspecified atom stereocenters. The molecule has 1 aromatic rings. The molecule has 1 aromatic carbocycles. The first-order valence-electron chi connectivity index (χ1n) is 8.96. The molecule has 3 amide bonds. The van der Waals surface area contributed by atoms with Crippen molar-refractivity contribution in [3.05, 3.63) is 22.6 Å². The molecule has 1 fully saturated rings. The van der Waals surface area contributed by atoms with Crippen molar-refractivity contribution < 1.29 is 28.6 Å². The third kappa shape index (κ3) is 5.23. The minimum Gasteiger partial charge on any atom is -0.493 e. The summed E-state index contributed by atoms with van der Waals surface area (Å²) >= 11 is 0.851. The molecule has 0 aliphatic carbocycles. The van der Waals surface area contributed by atoms with Crippen molar-refractivity contribution in [2.24, 2.45) is 5.41 Å². The number of hydrogen-bond donors (Lipinski definition) is 1. The van der Waals surface area contributed by atoms with E-state index < -0.39 is 11.3 Å². The SMILES string of the molecule is COc1cc(/C=C2\SC(=O)N(CCNC(=O)C(C)(C)C)C2=O)cc(OC)c1OC. The second-order valence-electron chi connectivity index (χ2n) is 7.30. The van der Waals surface area contributed by atoms with Gasteiger partial charge in [-0.15, -0.1) is 0 Å². The summed E-state index contributed by atoms with van der Waals surface area (Å²) < 4.78 is 15.9. The molecule has 1 saturated heterocycles. The van der Waals surface area contributed by atoms with Gasteiger partial charge in [0.25, 0.3) is 11.1 Å². The van der Waals surface area contributed by atoms with E-state index in [1.165, 1.54) is 21.3 Å². The number of imide groups is 1. The minimum atomic E-state index is -0.536. The zero-order valence-electron chi connectivity index (χ0n) is 17.5. The Morgan fingerprint density at radius 1 is 1.10 bits per heavy atom. The Hall–Kier alpha value is -2.68. The smallest absolute Gasteiger partial charge is 0.293 e. The maximum absolute atomic E-state index is 12.6. The van der Waals surface area contributed by atoms with E-state index >= 15 is 0 Å². The van der Waals surface area contributed by atoms with E-state index in [0.29, 0.717) is 22.8 Å². The van der Waals surface area contributed by atoms with Crippen LogP contribution in [0.1, 0.15) is 26.3 Å². The molecule has 0 atom stereocenters. The Kier molecular flexibility index (Phi) is 7.18. The lowest BCUT2D eigenvalue weighted by molar-refractivity contribution is -0.129. The van der Waals surface area contributed by atoms with Crippen molar-refractivity contribution in [2.75, 3.05) is 34.4 Å². The van der Waals surface area contributed by atoms with Crippen LogP contribution < -0.4 is 19.5 Å². The number of carbonyl (C=O) groups is 3. The number of nitrogens with zero attached hydrogens (tertiary/aromatic N) is 1. The molecule has 29 heavy (non-hydrogen) atoms. The average Bonchev–Trinajstić information content (AvgIpc) is 2.93. The van der Waals surface area contributed by atoms with Crippen molar-refractivity contribution in [1.82, 2.24) is 10.2 Å². The number of amides is 3. The summed E-state index contributed by atoms with van der Waals surface area (Å²) in [5, 5.41) is 2.36. The summed E-state index contributed by atoms with van der Waals surface area (Å²) in [5.74, 6) is 0.787. The fourth-order valence-corrected chi connectivity index (χ4v) is 3.44. The van der Waals surface area contributed by atoms with Gasteiger partial charge in [0, 0.05) is 18.5 Å². The maximum Gasteiger partial charge on any atom is 0.293 e. The van der Waals surface area contributed by atoms with Gasteiger partial charge in [-0.25, -0.2) is 0 Å². The van der Waals surface area contributed by atoms with Gasteiger partial charge in [0.05, 0.1) is 26.2 Å². The fraction of sp³-hybridized carbons (Fsp3) is 0.450. The molecule has 0 spiro atoms. The molecule has 1 aliphatic rings. The number of ether oxygens (including phenoxy) is 3. The van der Waals surface area contributed by atoms with E-state index in [0.717, 1.165) is 16.7 Å². The van der Waals surface area contributed by atoms with Crippen molar-refractivity contribution >= 4 is 34.9 Å². The van der Waals surface area contributed by atoms with Crippen molar-refractivity contribution in [3.63, 3.8) is 0 Å². The summed E-state index contributed by atoms with van der Waals surface area (Å²) in [6, 6.07) is 3.39. The topological polar surface area (TPSA) is 94.2 Å². The van der Waals surface area contributed by atoms with E-state index in [1.807, 2.05) is 0 Å². The lowest BCUT2D eigenvalue weighted by atomic mass is 9.96. The van der Waals surface area contributed by atoms with Crippen LogP contribution >= 0.6 is 11.8 Å². The standard InChI is InChI=1S/C20H26N2O6S/c1-20(2,3)18(24)21-7-8-22-17(23)15(29-19(22)25)11-12-9-13(26-4)16(28-6)14(10-12)27-5/h9-11H,7-8H2,1-6H3,(H,21,24)/b15-11-. The van der Waals surface area contributed by atoms with Gasteiger partial charge in [-0.3, -0.25) is 19.3 Å². The van der Waals surface area contributed by atoms with E-state index in [2.05, 4.69) is 5.32 Å². The van der Waals surface area contributed by atoms with Gasteiger partial charge in [-0.05, 0) is 35.5 Å². The van der Waals surface area contributed by atoms with Crippen LogP contribution in [-0.2, 0) is 9.59 Å². The molecule has 1 aliphatic heterocycles. The Bertz CT molecular complexity index is 819. The Morgan fingerprint density at radius 2 is 1.69 bits per heavy atom. The van der Waals surface area contributed by atoms with Crippen LogP contribution in [0.2, 0.25) is 0 Å². The third-order valence-corrected chi connectivity index (χ3v) is 5.07.